The summed E-state index contributed by atoms with van der Waals surface area (Å²) in [5.41, 5.74) is 9.87. The molecule has 1 aromatic heterocycles. The molecule has 3 rings (SSSR count). The van der Waals surface area contributed by atoms with Crippen molar-refractivity contribution in [2.75, 3.05) is 12.3 Å². The predicted octanol–water partition coefficient (Wildman–Crippen LogP) is 5.06. The van der Waals surface area contributed by atoms with Crippen molar-refractivity contribution in [1.82, 2.24) is 0 Å². The Kier molecular flexibility index (Phi) is 5.23. The number of hydrogen-bond acceptors (Lipinski definition) is 6. The lowest BCUT2D eigenvalue weighted by Gasteiger charge is -2.09. The lowest BCUT2D eigenvalue weighted by molar-refractivity contribution is -0.384. The Labute approximate surface area is 160 Å². The number of nitro benzene ring substituents is 1. The van der Waals surface area contributed by atoms with Crippen LogP contribution in [-0.4, -0.2) is 17.5 Å². The second kappa shape index (κ2) is 7.59. The summed E-state index contributed by atoms with van der Waals surface area (Å²) in [5, 5.41) is 11.3. The van der Waals surface area contributed by atoms with Gasteiger partial charge in [-0.25, -0.2) is 4.79 Å². The molecule has 0 radical (unpaired) electrons. The summed E-state index contributed by atoms with van der Waals surface area (Å²) >= 11 is 1.27. The minimum absolute atomic E-state index is 0.00535. The van der Waals surface area contributed by atoms with Gasteiger partial charge in [0.25, 0.3) is 5.69 Å². The summed E-state index contributed by atoms with van der Waals surface area (Å²) in [6.07, 6.45) is 0. The number of nitrogen functional groups attached to an aromatic ring is 1. The van der Waals surface area contributed by atoms with E-state index in [4.69, 9.17) is 10.5 Å². The SMILES string of the molecule is CCOC(=O)c1c(N)sc(-c2ccc([N+](=O)[O-])cc2)c1-c1ccc(C)cc1. The molecule has 0 amide bonds. The number of ether oxygens (including phenoxy) is 1. The summed E-state index contributed by atoms with van der Waals surface area (Å²) in [6.45, 7) is 3.97. The fourth-order valence-corrected chi connectivity index (χ4v) is 3.87. The van der Waals surface area contributed by atoms with E-state index in [9.17, 15) is 14.9 Å². The van der Waals surface area contributed by atoms with Gasteiger partial charge in [0, 0.05) is 22.6 Å². The molecule has 3 aromatic rings. The minimum atomic E-state index is -0.477. The third kappa shape index (κ3) is 3.68. The number of nitrogens with zero attached hydrogens (tertiary/aromatic N) is 1. The molecular formula is C20H18N2O4S. The van der Waals surface area contributed by atoms with Crippen LogP contribution in [0.25, 0.3) is 21.6 Å². The van der Waals surface area contributed by atoms with Gasteiger partial charge in [0.05, 0.1) is 11.5 Å². The molecule has 0 saturated heterocycles. The van der Waals surface area contributed by atoms with E-state index in [2.05, 4.69) is 0 Å². The third-order valence-electron chi connectivity index (χ3n) is 4.10. The highest BCUT2D eigenvalue weighted by Crippen LogP contribution is 2.45. The first kappa shape index (κ1) is 18.6. The van der Waals surface area contributed by atoms with Crippen LogP contribution < -0.4 is 5.73 Å². The number of nitrogens with two attached hydrogens (primary N) is 1. The van der Waals surface area contributed by atoms with Crippen LogP contribution in [0, 0.1) is 17.0 Å². The summed E-state index contributed by atoms with van der Waals surface area (Å²) in [4.78, 5) is 23.8. The van der Waals surface area contributed by atoms with Gasteiger partial charge in [-0.3, -0.25) is 10.1 Å². The fraction of sp³-hybridized carbons (Fsp3) is 0.150. The van der Waals surface area contributed by atoms with Gasteiger partial charge in [0.2, 0.25) is 0 Å². The van der Waals surface area contributed by atoms with Gasteiger partial charge in [-0.1, -0.05) is 29.8 Å². The molecule has 2 N–H and O–H groups in total. The number of aryl methyl sites for hydroxylation is 1. The summed E-state index contributed by atoms with van der Waals surface area (Å²) < 4.78 is 5.19. The maximum absolute atomic E-state index is 12.5. The van der Waals surface area contributed by atoms with Gasteiger partial charge in [-0.05, 0) is 37.1 Å². The maximum Gasteiger partial charge on any atom is 0.341 e. The Balaban J connectivity index is 2.21. The van der Waals surface area contributed by atoms with Crippen LogP contribution in [-0.2, 0) is 4.74 Å². The molecule has 7 heteroatoms. The molecule has 2 aromatic carbocycles. The molecule has 0 aliphatic rings. The zero-order valence-electron chi connectivity index (χ0n) is 14.9. The molecule has 0 aliphatic carbocycles. The smallest absolute Gasteiger partial charge is 0.341 e. The van der Waals surface area contributed by atoms with Crippen LogP contribution >= 0.6 is 11.3 Å². The molecule has 0 atom stereocenters. The number of thiophene rings is 1. The topological polar surface area (TPSA) is 95.5 Å². The van der Waals surface area contributed by atoms with Crippen molar-refractivity contribution in [3.8, 4) is 21.6 Å². The lowest BCUT2D eigenvalue weighted by Crippen LogP contribution is -2.07. The first-order valence-corrected chi connectivity index (χ1v) is 9.15. The molecule has 0 bridgehead atoms. The predicted molar refractivity (Wildman–Crippen MR) is 107 cm³/mol. The summed E-state index contributed by atoms with van der Waals surface area (Å²) in [7, 11) is 0. The van der Waals surface area contributed by atoms with E-state index in [1.165, 1.54) is 23.5 Å². The lowest BCUT2D eigenvalue weighted by atomic mass is 9.97. The zero-order valence-corrected chi connectivity index (χ0v) is 15.7. The standard InChI is InChI=1S/C20H18N2O4S/c1-3-26-20(23)17-16(13-6-4-12(2)5-7-13)18(27-19(17)21)14-8-10-15(11-9-14)22(24)25/h4-11H,3,21H2,1-2H3. The number of nitro groups is 1. The summed E-state index contributed by atoms with van der Waals surface area (Å²) in [5.74, 6) is -0.477. The molecule has 6 nitrogen and oxygen atoms in total. The largest absolute Gasteiger partial charge is 0.462 e. The van der Waals surface area contributed by atoms with Crippen molar-refractivity contribution in [3.05, 3.63) is 69.8 Å². The van der Waals surface area contributed by atoms with E-state index >= 15 is 0 Å². The number of esters is 1. The van der Waals surface area contributed by atoms with Crippen molar-refractivity contribution >= 4 is 28.0 Å². The molecule has 0 spiro atoms. The molecule has 0 unspecified atom stereocenters. The number of carbonyl (C=O) groups is 1. The molecule has 0 fully saturated rings. The Morgan fingerprint density at radius 1 is 1.11 bits per heavy atom. The van der Waals surface area contributed by atoms with E-state index < -0.39 is 10.9 Å². The Morgan fingerprint density at radius 3 is 2.26 bits per heavy atom. The van der Waals surface area contributed by atoms with Gasteiger partial charge >= 0.3 is 5.97 Å². The highest BCUT2D eigenvalue weighted by Gasteiger charge is 2.25. The quantitative estimate of drug-likeness (QED) is 0.378. The monoisotopic (exact) mass is 382 g/mol. The van der Waals surface area contributed by atoms with Gasteiger partial charge in [-0.15, -0.1) is 11.3 Å². The van der Waals surface area contributed by atoms with Crippen LogP contribution in [0.4, 0.5) is 10.7 Å². The van der Waals surface area contributed by atoms with Crippen LogP contribution in [0.3, 0.4) is 0 Å². The zero-order chi connectivity index (χ0) is 19.6. The highest BCUT2D eigenvalue weighted by atomic mass is 32.1. The van der Waals surface area contributed by atoms with Crippen LogP contribution in [0.1, 0.15) is 22.8 Å². The van der Waals surface area contributed by atoms with E-state index in [-0.39, 0.29) is 12.3 Å². The van der Waals surface area contributed by atoms with Gasteiger partial charge < -0.3 is 10.5 Å². The van der Waals surface area contributed by atoms with Crippen molar-refractivity contribution < 1.29 is 14.5 Å². The van der Waals surface area contributed by atoms with Crippen molar-refractivity contribution in [1.29, 1.82) is 0 Å². The van der Waals surface area contributed by atoms with Gasteiger partial charge in [0.1, 0.15) is 10.6 Å². The Bertz CT molecular complexity index is 992. The number of hydrogen-bond donors (Lipinski definition) is 1. The van der Waals surface area contributed by atoms with Crippen LogP contribution in [0.15, 0.2) is 48.5 Å². The average Bonchev–Trinajstić information content (AvgIpc) is 3.00. The van der Waals surface area contributed by atoms with E-state index in [0.717, 1.165) is 21.6 Å². The molecule has 0 saturated carbocycles. The number of carbonyl (C=O) groups excluding carboxylic acids is 1. The second-order valence-electron chi connectivity index (χ2n) is 5.94. The number of benzene rings is 2. The average molecular weight is 382 g/mol. The molecule has 1 heterocycles. The maximum atomic E-state index is 12.5. The Hall–Kier alpha value is -3.19. The molecule has 0 aliphatic heterocycles. The second-order valence-corrected chi connectivity index (χ2v) is 6.99. The van der Waals surface area contributed by atoms with Crippen LogP contribution in [0.5, 0.6) is 0 Å². The van der Waals surface area contributed by atoms with E-state index in [0.29, 0.717) is 16.1 Å². The van der Waals surface area contributed by atoms with Gasteiger partial charge in [-0.2, -0.15) is 0 Å². The van der Waals surface area contributed by atoms with Crippen LogP contribution in [0.2, 0.25) is 0 Å². The highest BCUT2D eigenvalue weighted by molar-refractivity contribution is 7.20. The first-order chi connectivity index (χ1) is 12.9. The first-order valence-electron chi connectivity index (χ1n) is 8.33. The fourth-order valence-electron chi connectivity index (χ4n) is 2.79. The van der Waals surface area contributed by atoms with Crippen molar-refractivity contribution in [2.24, 2.45) is 0 Å². The van der Waals surface area contributed by atoms with Gasteiger partial charge in [0.15, 0.2) is 0 Å². The van der Waals surface area contributed by atoms with E-state index in [1.54, 1.807) is 19.1 Å². The molecule has 27 heavy (non-hydrogen) atoms. The molecular weight excluding hydrogens is 364 g/mol. The number of non-ortho nitro benzene ring substituents is 1. The summed E-state index contributed by atoms with van der Waals surface area (Å²) in [6, 6.07) is 14.0. The van der Waals surface area contributed by atoms with E-state index in [1.807, 2.05) is 31.2 Å². The number of rotatable bonds is 5. The minimum Gasteiger partial charge on any atom is -0.462 e. The van der Waals surface area contributed by atoms with Crippen molar-refractivity contribution in [2.45, 2.75) is 13.8 Å². The third-order valence-corrected chi connectivity index (χ3v) is 5.16. The Morgan fingerprint density at radius 2 is 1.70 bits per heavy atom. The molecule has 138 valence electrons. The normalized spacial score (nSPS) is 10.6. The van der Waals surface area contributed by atoms with Crippen molar-refractivity contribution in [3.63, 3.8) is 0 Å². The number of anilines is 1.